The second kappa shape index (κ2) is 10.7. The molecule has 2 aromatic rings. The Morgan fingerprint density at radius 3 is 1.13 bits per heavy atom. The maximum absolute atomic E-state index is 4.01. The zero-order valence-electron chi connectivity index (χ0n) is 14.9. The van der Waals surface area contributed by atoms with Crippen molar-refractivity contribution in [1.29, 1.82) is 0 Å². The molecule has 6 heteroatoms. The molecule has 3 rings (SSSR count). The maximum atomic E-state index is 4.01. The van der Waals surface area contributed by atoms with Gasteiger partial charge < -0.3 is 22.9 Å². The van der Waals surface area contributed by atoms with Gasteiger partial charge in [0.05, 0.1) is 0 Å². The first-order valence-corrected chi connectivity index (χ1v) is 7.51. The van der Waals surface area contributed by atoms with Crippen LogP contribution in [-0.4, -0.2) is 25.4 Å². The van der Waals surface area contributed by atoms with Crippen molar-refractivity contribution in [3.63, 3.8) is 0 Å². The van der Waals surface area contributed by atoms with Crippen LogP contribution >= 0.6 is 0 Å². The molecule has 1 aliphatic rings. The van der Waals surface area contributed by atoms with Gasteiger partial charge in [-0.2, -0.15) is 0 Å². The van der Waals surface area contributed by atoms with Gasteiger partial charge in [0.2, 0.25) is 0 Å². The van der Waals surface area contributed by atoms with Crippen LogP contribution in [0.25, 0.3) is 11.6 Å². The number of aromatic amines is 2. The van der Waals surface area contributed by atoms with Crippen molar-refractivity contribution in [3.05, 3.63) is 32.2 Å². The van der Waals surface area contributed by atoms with Crippen molar-refractivity contribution in [1.82, 2.24) is 19.9 Å². The summed E-state index contributed by atoms with van der Waals surface area (Å²) in [5.74, 6) is 6.21. The summed E-state index contributed by atoms with van der Waals surface area (Å²) < 4.78 is 0. The predicted octanol–water partition coefficient (Wildman–Crippen LogP) is 3.60. The fourth-order valence-corrected chi connectivity index (χ4v) is 3.18. The van der Waals surface area contributed by atoms with Crippen molar-refractivity contribution in [2.45, 2.75) is 34.6 Å². The summed E-state index contributed by atoms with van der Waals surface area (Å²) in [5.41, 5.74) is 0. The van der Waals surface area contributed by atoms with Gasteiger partial charge in [0.1, 0.15) is 0 Å². The Kier molecular flexibility index (Phi) is 11.3. The second-order valence-electron chi connectivity index (χ2n) is 6.17. The normalized spacial score (nSPS) is 28.5. The smallest absolute Gasteiger partial charge is 0.173 e. The van der Waals surface area contributed by atoms with Crippen molar-refractivity contribution in [2.24, 2.45) is 29.6 Å². The van der Waals surface area contributed by atoms with Gasteiger partial charge in [-0.3, -0.25) is 0 Å². The van der Waals surface area contributed by atoms with E-state index in [1.807, 2.05) is 0 Å². The molecular formula is C17H31IrN4O-. The van der Waals surface area contributed by atoms with E-state index in [9.17, 15) is 0 Å². The first kappa shape index (κ1) is 24.3. The minimum Gasteiger partial charge on any atom is -0.412 e. The quantitative estimate of drug-likeness (QED) is 0.587. The Hall–Kier alpha value is -0.971. The van der Waals surface area contributed by atoms with Crippen LogP contribution < -0.4 is 0 Å². The Balaban J connectivity index is 0. The zero-order valence-corrected chi connectivity index (χ0v) is 17.3. The van der Waals surface area contributed by atoms with E-state index in [2.05, 4.69) is 54.6 Å². The molecular weight excluding hydrogens is 468 g/mol. The molecule has 0 bridgehead atoms. The zero-order chi connectivity index (χ0) is 14.7. The average molecular weight is 500 g/mol. The molecule has 1 saturated carbocycles. The first-order valence-electron chi connectivity index (χ1n) is 7.51. The third-order valence-corrected chi connectivity index (χ3v) is 5.37. The fourth-order valence-electron chi connectivity index (χ4n) is 3.18. The van der Waals surface area contributed by atoms with Gasteiger partial charge in [0, 0.05) is 44.9 Å². The van der Waals surface area contributed by atoms with Crippen LogP contribution in [0.3, 0.4) is 0 Å². The molecule has 1 radical (unpaired) electrons. The average Bonchev–Trinajstić information content (AvgIpc) is 3.17. The summed E-state index contributed by atoms with van der Waals surface area (Å²) in [6.07, 6.45) is 6.91. The minimum absolute atomic E-state index is 0. The Morgan fingerprint density at radius 1 is 0.696 bits per heavy atom. The number of rotatable bonds is 1. The van der Waals surface area contributed by atoms with Crippen LogP contribution in [0.4, 0.5) is 0 Å². The van der Waals surface area contributed by atoms with E-state index in [-0.39, 0.29) is 33.0 Å². The fraction of sp³-hybridized carbons (Fsp3) is 0.588. The second-order valence-corrected chi connectivity index (χ2v) is 6.17. The molecule has 0 aromatic carbocycles. The van der Waals surface area contributed by atoms with E-state index in [0.29, 0.717) is 0 Å². The SMILES string of the molecule is CC1C(C)C(C)C(C)C1C.O.[CH3-].[Ir].c1c[nH]c(-c2ncc[nH]2)n1. The number of imidazole rings is 2. The van der Waals surface area contributed by atoms with E-state index in [1.54, 1.807) is 24.8 Å². The van der Waals surface area contributed by atoms with Gasteiger partial charge >= 0.3 is 0 Å². The maximum Gasteiger partial charge on any atom is 0.173 e. The Morgan fingerprint density at radius 2 is 0.957 bits per heavy atom. The van der Waals surface area contributed by atoms with Gasteiger partial charge in [-0.25, -0.2) is 9.97 Å². The van der Waals surface area contributed by atoms with Gasteiger partial charge in [0.15, 0.2) is 11.6 Å². The molecule has 0 spiro atoms. The molecule has 1 aliphatic carbocycles. The number of aromatic nitrogens is 4. The van der Waals surface area contributed by atoms with Crippen LogP contribution in [0.5, 0.6) is 0 Å². The van der Waals surface area contributed by atoms with Gasteiger partial charge in [0.25, 0.3) is 0 Å². The van der Waals surface area contributed by atoms with Crippen molar-refractivity contribution >= 4 is 0 Å². The predicted molar refractivity (Wildman–Crippen MR) is 92.0 cm³/mol. The molecule has 0 saturated heterocycles. The standard InChI is InChI=1S/C10H20.C6H6N4.CH3.Ir.H2O/c1-6-7(2)9(4)10(5)8(6)3;1-2-8-5(7-1)6-9-3-4-10-6;;;/h6-10H,1-5H3;1-4H,(H,7,8)(H,9,10);1H3;;1H2/q;;-1;;. The van der Waals surface area contributed by atoms with Crippen molar-refractivity contribution in [3.8, 4) is 11.6 Å². The van der Waals surface area contributed by atoms with E-state index in [4.69, 9.17) is 0 Å². The van der Waals surface area contributed by atoms with E-state index in [0.717, 1.165) is 41.2 Å². The van der Waals surface area contributed by atoms with Gasteiger partial charge in [-0.05, 0) is 29.6 Å². The molecule has 1 fully saturated rings. The number of nitrogens with one attached hydrogen (secondary N) is 2. The van der Waals surface area contributed by atoms with Crippen LogP contribution in [0.2, 0.25) is 0 Å². The Bertz CT molecular complexity index is 424. The number of hydrogen-bond donors (Lipinski definition) is 2. The number of nitrogens with zero attached hydrogens (tertiary/aromatic N) is 2. The molecule has 2 heterocycles. The summed E-state index contributed by atoms with van der Waals surface area (Å²) in [6.45, 7) is 12.0. The molecule has 4 N–H and O–H groups in total. The molecule has 0 aliphatic heterocycles. The first-order chi connectivity index (χ1) is 9.52. The summed E-state index contributed by atoms with van der Waals surface area (Å²) >= 11 is 0. The summed E-state index contributed by atoms with van der Waals surface area (Å²) in [6, 6.07) is 0. The van der Waals surface area contributed by atoms with Crippen LogP contribution in [0, 0.1) is 37.0 Å². The third-order valence-electron chi connectivity index (χ3n) is 5.37. The third kappa shape index (κ3) is 5.55. The Labute approximate surface area is 153 Å². The van der Waals surface area contributed by atoms with Gasteiger partial charge in [-0.1, -0.05) is 34.6 Å². The van der Waals surface area contributed by atoms with E-state index in [1.165, 1.54) is 0 Å². The largest absolute Gasteiger partial charge is 0.412 e. The summed E-state index contributed by atoms with van der Waals surface area (Å²) in [7, 11) is 0. The number of hydrogen-bond acceptors (Lipinski definition) is 2. The topological polar surface area (TPSA) is 88.9 Å². The monoisotopic (exact) mass is 500 g/mol. The minimum atomic E-state index is 0. The van der Waals surface area contributed by atoms with Crippen LogP contribution in [0.15, 0.2) is 24.8 Å². The summed E-state index contributed by atoms with van der Waals surface area (Å²) in [4.78, 5) is 13.9. The molecule has 0 unspecified atom stereocenters. The summed E-state index contributed by atoms with van der Waals surface area (Å²) in [5, 5.41) is 0. The van der Waals surface area contributed by atoms with Crippen molar-refractivity contribution in [2.75, 3.05) is 0 Å². The molecule has 135 valence electrons. The molecule has 2 aromatic heterocycles. The van der Waals surface area contributed by atoms with Gasteiger partial charge in [-0.15, -0.1) is 0 Å². The van der Waals surface area contributed by atoms with Crippen molar-refractivity contribution < 1.29 is 25.6 Å². The van der Waals surface area contributed by atoms with Crippen LogP contribution in [-0.2, 0) is 20.1 Å². The number of H-pyrrole nitrogens is 2. The molecule has 0 amide bonds. The van der Waals surface area contributed by atoms with Crippen LogP contribution in [0.1, 0.15) is 34.6 Å². The molecule has 0 atom stereocenters. The van der Waals surface area contributed by atoms with E-state index < -0.39 is 0 Å². The molecule has 5 nitrogen and oxygen atoms in total. The van der Waals surface area contributed by atoms with E-state index >= 15 is 0 Å². The molecule has 23 heavy (non-hydrogen) atoms.